The number of hydrogen-bond donors (Lipinski definition) is 2. The minimum absolute atomic E-state index is 0.0705. The molecule has 0 amide bonds. The van der Waals surface area contributed by atoms with Crippen molar-refractivity contribution < 1.29 is 20.3 Å². The average molecular weight is 278 g/mol. The van der Waals surface area contributed by atoms with Crippen LogP contribution in [-0.4, -0.2) is 16.1 Å². The van der Waals surface area contributed by atoms with Gasteiger partial charge in [0.25, 0.3) is 0 Å². The predicted octanol–water partition coefficient (Wildman–Crippen LogP) is 4.25. The van der Waals surface area contributed by atoms with Crippen LogP contribution in [0.4, 0.5) is 0 Å². The Labute approximate surface area is 119 Å². The molecule has 1 aliphatic rings. The molecule has 20 heavy (non-hydrogen) atoms. The van der Waals surface area contributed by atoms with E-state index < -0.39 is 11.7 Å². The van der Waals surface area contributed by atoms with E-state index in [1.165, 1.54) is 5.56 Å². The first-order chi connectivity index (χ1) is 9.46. The molecule has 2 N–H and O–H groups in total. The van der Waals surface area contributed by atoms with E-state index in [0.717, 1.165) is 11.1 Å². The van der Waals surface area contributed by atoms with Gasteiger partial charge in [-0.25, -0.2) is 9.78 Å². The zero-order valence-corrected chi connectivity index (χ0v) is 12.3. The van der Waals surface area contributed by atoms with E-state index in [1.54, 1.807) is 6.08 Å². The summed E-state index contributed by atoms with van der Waals surface area (Å²) in [6, 6.07) is 6.01. The van der Waals surface area contributed by atoms with Crippen LogP contribution in [0.5, 0.6) is 0 Å². The van der Waals surface area contributed by atoms with Crippen LogP contribution in [0.3, 0.4) is 0 Å². The van der Waals surface area contributed by atoms with Crippen LogP contribution in [0, 0.1) is 5.92 Å². The number of rotatable bonds is 4. The number of hydrogen-bond acceptors (Lipinski definition) is 4. The second-order valence-corrected chi connectivity index (χ2v) is 5.96. The Hall–Kier alpha value is -1.20. The third-order valence-corrected chi connectivity index (χ3v) is 4.16. The first-order valence-corrected chi connectivity index (χ1v) is 6.92. The van der Waals surface area contributed by atoms with Gasteiger partial charge in [0.2, 0.25) is 0 Å². The van der Waals surface area contributed by atoms with Crippen molar-refractivity contribution in [2.45, 2.75) is 45.3 Å². The van der Waals surface area contributed by atoms with Crippen molar-refractivity contribution in [1.29, 1.82) is 0 Å². The second kappa shape index (κ2) is 5.66. The Kier molecular flexibility index (Phi) is 4.30. The minimum Gasteiger partial charge on any atom is -0.251 e. The smallest absolute Gasteiger partial charge is 0.157 e. The predicted molar refractivity (Wildman–Crippen MR) is 77.3 cm³/mol. The number of benzene rings is 1. The molecule has 0 saturated heterocycles. The fourth-order valence-corrected chi connectivity index (χ4v) is 2.70. The van der Waals surface area contributed by atoms with E-state index in [9.17, 15) is 10.5 Å². The van der Waals surface area contributed by atoms with Gasteiger partial charge >= 0.3 is 0 Å². The molecule has 0 bridgehead atoms. The van der Waals surface area contributed by atoms with Crippen LogP contribution >= 0.6 is 0 Å². The van der Waals surface area contributed by atoms with Gasteiger partial charge in [-0.3, -0.25) is 10.5 Å². The molecule has 1 aromatic rings. The monoisotopic (exact) mass is 278 g/mol. The Morgan fingerprint density at radius 2 is 1.85 bits per heavy atom. The van der Waals surface area contributed by atoms with Gasteiger partial charge in [0, 0.05) is 0 Å². The third-order valence-electron chi connectivity index (χ3n) is 4.16. The van der Waals surface area contributed by atoms with E-state index in [-0.39, 0.29) is 5.92 Å². The molecular formula is C16H22O4. The standard InChI is InChI=1S/C16H22O4/c1-10(2)12-5-6-14-13(9-12)7-8-16(20-18,11(3)4)15(14)19-17/h5-11,15,17-18H,1-4H3. The lowest BCUT2D eigenvalue weighted by atomic mass is 9.76. The molecule has 0 spiro atoms. The fraction of sp³-hybridized carbons (Fsp3) is 0.500. The molecule has 0 fully saturated rings. The van der Waals surface area contributed by atoms with Crippen molar-refractivity contribution in [3.05, 3.63) is 41.0 Å². The summed E-state index contributed by atoms with van der Waals surface area (Å²) in [7, 11) is 0. The molecule has 4 heteroatoms. The van der Waals surface area contributed by atoms with Crippen LogP contribution < -0.4 is 0 Å². The van der Waals surface area contributed by atoms with Gasteiger partial charge in [-0.2, -0.15) is 0 Å². The summed E-state index contributed by atoms with van der Waals surface area (Å²) in [5.41, 5.74) is 1.92. The SMILES string of the molecule is CC(C)c1ccc2c(c1)C=CC(OO)(C(C)C)C2OO. The molecule has 2 unspecified atom stereocenters. The lowest BCUT2D eigenvalue weighted by Gasteiger charge is -2.39. The molecule has 0 aliphatic heterocycles. The minimum atomic E-state index is -1.08. The van der Waals surface area contributed by atoms with Crippen LogP contribution in [0.2, 0.25) is 0 Å². The summed E-state index contributed by atoms with van der Waals surface area (Å²) in [5.74, 6) is 0.354. The molecule has 2 rings (SSSR count). The highest BCUT2D eigenvalue weighted by atomic mass is 17.1. The lowest BCUT2D eigenvalue weighted by molar-refractivity contribution is -0.391. The Morgan fingerprint density at radius 3 is 2.35 bits per heavy atom. The summed E-state index contributed by atoms with van der Waals surface area (Å²) in [5, 5.41) is 18.6. The maximum atomic E-state index is 9.34. The zero-order valence-electron chi connectivity index (χ0n) is 12.3. The van der Waals surface area contributed by atoms with Gasteiger partial charge in [0.15, 0.2) is 11.7 Å². The van der Waals surface area contributed by atoms with Crippen molar-refractivity contribution in [1.82, 2.24) is 0 Å². The average Bonchev–Trinajstić information content (AvgIpc) is 2.44. The topological polar surface area (TPSA) is 58.9 Å². The molecule has 1 aliphatic carbocycles. The van der Waals surface area contributed by atoms with Gasteiger partial charge in [-0.05, 0) is 34.6 Å². The summed E-state index contributed by atoms with van der Waals surface area (Å²) in [6.45, 7) is 8.06. The van der Waals surface area contributed by atoms with Crippen LogP contribution in [0.15, 0.2) is 24.3 Å². The fourth-order valence-electron chi connectivity index (χ4n) is 2.70. The van der Waals surface area contributed by atoms with Crippen molar-refractivity contribution in [2.24, 2.45) is 5.92 Å². The van der Waals surface area contributed by atoms with E-state index in [2.05, 4.69) is 24.8 Å². The highest BCUT2D eigenvalue weighted by Crippen LogP contribution is 2.44. The van der Waals surface area contributed by atoms with Crippen LogP contribution in [0.1, 0.15) is 56.4 Å². The van der Waals surface area contributed by atoms with Crippen LogP contribution in [-0.2, 0) is 9.78 Å². The van der Waals surface area contributed by atoms with E-state index in [4.69, 9.17) is 4.89 Å². The quantitative estimate of drug-likeness (QED) is 0.638. The maximum absolute atomic E-state index is 9.34. The van der Waals surface area contributed by atoms with Crippen LogP contribution in [0.25, 0.3) is 6.08 Å². The Bertz CT molecular complexity index is 507. The number of fused-ring (bicyclic) bond motifs is 1. The van der Waals surface area contributed by atoms with Gasteiger partial charge in [0.05, 0.1) is 0 Å². The zero-order chi connectivity index (χ0) is 14.9. The largest absolute Gasteiger partial charge is 0.251 e. The summed E-state index contributed by atoms with van der Waals surface area (Å²) >= 11 is 0. The van der Waals surface area contributed by atoms with Gasteiger partial charge < -0.3 is 0 Å². The van der Waals surface area contributed by atoms with Crippen molar-refractivity contribution in [3.8, 4) is 0 Å². The molecule has 4 nitrogen and oxygen atoms in total. The molecular weight excluding hydrogens is 256 g/mol. The van der Waals surface area contributed by atoms with E-state index >= 15 is 0 Å². The van der Waals surface area contributed by atoms with Crippen molar-refractivity contribution in [3.63, 3.8) is 0 Å². The van der Waals surface area contributed by atoms with Gasteiger partial charge in [0.1, 0.15) is 0 Å². The van der Waals surface area contributed by atoms with Crippen molar-refractivity contribution in [2.75, 3.05) is 0 Å². The third kappa shape index (κ3) is 2.29. The van der Waals surface area contributed by atoms with E-state index in [1.807, 2.05) is 32.1 Å². The highest BCUT2D eigenvalue weighted by molar-refractivity contribution is 5.61. The lowest BCUT2D eigenvalue weighted by Crippen LogP contribution is -2.44. The highest BCUT2D eigenvalue weighted by Gasteiger charge is 2.46. The molecule has 0 heterocycles. The van der Waals surface area contributed by atoms with Gasteiger partial charge in [-0.1, -0.05) is 52.0 Å². The summed E-state index contributed by atoms with van der Waals surface area (Å²) in [6.07, 6.45) is 2.91. The Morgan fingerprint density at radius 1 is 1.15 bits per heavy atom. The maximum Gasteiger partial charge on any atom is 0.157 e. The molecule has 0 radical (unpaired) electrons. The van der Waals surface area contributed by atoms with Crippen molar-refractivity contribution >= 4 is 6.08 Å². The summed E-state index contributed by atoms with van der Waals surface area (Å²) in [4.78, 5) is 9.36. The Balaban J connectivity index is 2.53. The van der Waals surface area contributed by atoms with E-state index in [0.29, 0.717) is 5.92 Å². The first kappa shape index (κ1) is 15.2. The molecule has 110 valence electrons. The molecule has 0 aromatic heterocycles. The molecule has 0 saturated carbocycles. The molecule has 2 atom stereocenters. The first-order valence-electron chi connectivity index (χ1n) is 6.92. The van der Waals surface area contributed by atoms with Gasteiger partial charge in [-0.15, -0.1) is 0 Å². The second-order valence-electron chi connectivity index (χ2n) is 5.96. The molecule has 1 aromatic carbocycles. The summed E-state index contributed by atoms with van der Waals surface area (Å²) < 4.78 is 0. The normalized spacial score (nSPS) is 25.3.